The number of carbonyl (C=O) groups excluding carboxylic acids is 1. The lowest BCUT2D eigenvalue weighted by Gasteiger charge is -2.04. The molecule has 3 N–H and O–H groups in total. The number of imidazole rings is 1. The van der Waals surface area contributed by atoms with Crippen LogP contribution in [0.5, 0.6) is 0 Å². The largest absolute Gasteiger partial charge is 0.365 e. The Labute approximate surface area is 170 Å². The van der Waals surface area contributed by atoms with Gasteiger partial charge in [0.15, 0.2) is 0 Å². The summed E-state index contributed by atoms with van der Waals surface area (Å²) in [5.41, 5.74) is 5.30. The fourth-order valence-corrected chi connectivity index (χ4v) is 4.06. The average Bonchev–Trinajstić information content (AvgIpc) is 3.06. The molecule has 0 fully saturated rings. The van der Waals surface area contributed by atoms with E-state index in [9.17, 15) is 13.2 Å². The molecule has 28 heavy (non-hydrogen) atoms. The number of unbranched alkanes of at least 4 members (excludes halogenated alkanes) is 13. The first-order valence-corrected chi connectivity index (χ1v) is 12.1. The molecule has 1 heterocycles. The normalized spacial score (nSPS) is 11.8. The standard InChI is InChI=1S/C20H37N3O4S/c1-2-3-4-5-6-7-8-9-10-11-12-13-14-15-16-18-19(20(21)24)23(17-22-18)28(25,26)27/h17H,2-16H2,1H3,(H2,21,24)(H,25,26,27). The Hall–Kier alpha value is -1.41. The quantitative estimate of drug-likeness (QED) is 0.284. The van der Waals surface area contributed by atoms with E-state index in [2.05, 4.69) is 11.9 Å². The summed E-state index contributed by atoms with van der Waals surface area (Å²) in [6.45, 7) is 2.25. The van der Waals surface area contributed by atoms with Gasteiger partial charge in [0.2, 0.25) is 0 Å². The van der Waals surface area contributed by atoms with Crippen molar-refractivity contribution in [3.63, 3.8) is 0 Å². The van der Waals surface area contributed by atoms with E-state index in [1.807, 2.05) is 0 Å². The predicted octanol–water partition coefficient (Wildman–Crippen LogP) is 4.66. The van der Waals surface area contributed by atoms with Crippen LogP contribution in [0.3, 0.4) is 0 Å². The molecule has 7 nitrogen and oxygen atoms in total. The van der Waals surface area contributed by atoms with E-state index in [-0.39, 0.29) is 5.69 Å². The molecule has 8 heteroatoms. The lowest BCUT2D eigenvalue weighted by Crippen LogP contribution is -2.22. The number of aromatic nitrogens is 2. The number of primary amides is 1. The Bertz CT molecular complexity index is 671. The Morgan fingerprint density at radius 3 is 1.75 bits per heavy atom. The van der Waals surface area contributed by atoms with Crippen molar-refractivity contribution in [3.8, 4) is 0 Å². The summed E-state index contributed by atoms with van der Waals surface area (Å²) in [7, 11) is -4.56. The van der Waals surface area contributed by atoms with Crippen molar-refractivity contribution < 1.29 is 17.8 Å². The third kappa shape index (κ3) is 9.68. The molecule has 0 aromatic carbocycles. The number of hydrogen-bond acceptors (Lipinski definition) is 4. The minimum absolute atomic E-state index is 0.253. The van der Waals surface area contributed by atoms with Crippen molar-refractivity contribution in [2.75, 3.05) is 0 Å². The summed E-state index contributed by atoms with van der Waals surface area (Å²) in [5, 5.41) is 0. The molecular weight excluding hydrogens is 378 g/mol. The van der Waals surface area contributed by atoms with Crippen LogP contribution in [0, 0.1) is 0 Å². The monoisotopic (exact) mass is 415 g/mol. The second-order valence-corrected chi connectivity index (χ2v) is 8.81. The first-order valence-electron chi connectivity index (χ1n) is 10.7. The molecule has 0 bridgehead atoms. The van der Waals surface area contributed by atoms with E-state index in [0.29, 0.717) is 16.1 Å². The van der Waals surface area contributed by atoms with E-state index >= 15 is 0 Å². The molecule has 1 rings (SSSR count). The van der Waals surface area contributed by atoms with Crippen LogP contribution in [-0.4, -0.2) is 27.8 Å². The number of amides is 1. The zero-order valence-electron chi connectivity index (χ0n) is 17.2. The molecule has 1 aromatic heterocycles. The summed E-state index contributed by atoms with van der Waals surface area (Å²) in [6, 6.07) is 0. The van der Waals surface area contributed by atoms with E-state index in [1.165, 1.54) is 70.6 Å². The Morgan fingerprint density at radius 2 is 1.36 bits per heavy atom. The first-order chi connectivity index (χ1) is 13.4. The second kappa shape index (κ2) is 13.7. The van der Waals surface area contributed by atoms with Crippen LogP contribution >= 0.6 is 0 Å². The summed E-state index contributed by atoms with van der Waals surface area (Å²) < 4.78 is 32.0. The van der Waals surface area contributed by atoms with Gasteiger partial charge in [0.1, 0.15) is 12.0 Å². The molecule has 1 aromatic rings. The predicted molar refractivity (Wildman–Crippen MR) is 112 cm³/mol. The van der Waals surface area contributed by atoms with Gasteiger partial charge in [-0.3, -0.25) is 9.35 Å². The van der Waals surface area contributed by atoms with Crippen LogP contribution in [0.25, 0.3) is 0 Å². The minimum atomic E-state index is -4.56. The number of carbonyl (C=O) groups is 1. The Kier molecular flexibility index (Phi) is 12.1. The number of nitrogens with zero attached hydrogens (tertiary/aromatic N) is 2. The molecule has 162 valence electrons. The smallest absolute Gasteiger partial charge is 0.364 e. The third-order valence-electron chi connectivity index (χ3n) is 5.06. The van der Waals surface area contributed by atoms with Gasteiger partial charge in [-0.2, -0.15) is 12.4 Å². The topological polar surface area (TPSA) is 115 Å². The highest BCUT2D eigenvalue weighted by Gasteiger charge is 2.22. The van der Waals surface area contributed by atoms with Gasteiger partial charge in [0.05, 0.1) is 5.69 Å². The maximum Gasteiger partial charge on any atom is 0.365 e. The molecular formula is C20H37N3O4S. The summed E-state index contributed by atoms with van der Waals surface area (Å²) >= 11 is 0. The lowest BCUT2D eigenvalue weighted by atomic mass is 10.0. The summed E-state index contributed by atoms with van der Waals surface area (Å²) in [4.78, 5) is 15.4. The first kappa shape index (κ1) is 24.6. The Balaban J connectivity index is 2.09. The molecule has 0 spiro atoms. The average molecular weight is 416 g/mol. The SMILES string of the molecule is CCCCCCCCCCCCCCCCc1ncn(S(=O)(=O)O)c1C(N)=O. The van der Waals surface area contributed by atoms with Crippen LogP contribution in [0.4, 0.5) is 0 Å². The fraction of sp³-hybridized carbons (Fsp3) is 0.800. The molecule has 0 aliphatic carbocycles. The molecule has 0 atom stereocenters. The second-order valence-electron chi connectivity index (χ2n) is 7.52. The number of rotatable bonds is 17. The lowest BCUT2D eigenvalue weighted by molar-refractivity contribution is 0.0993. The maximum atomic E-state index is 11.5. The van der Waals surface area contributed by atoms with Crippen molar-refractivity contribution in [1.82, 2.24) is 8.96 Å². The highest BCUT2D eigenvalue weighted by molar-refractivity contribution is 7.84. The number of hydrogen-bond donors (Lipinski definition) is 2. The Morgan fingerprint density at radius 1 is 0.929 bits per heavy atom. The summed E-state index contributed by atoms with van der Waals surface area (Å²) in [6.07, 6.45) is 18.9. The van der Waals surface area contributed by atoms with Gasteiger partial charge >= 0.3 is 10.3 Å². The van der Waals surface area contributed by atoms with Gasteiger partial charge in [0, 0.05) is 0 Å². The van der Waals surface area contributed by atoms with Crippen molar-refractivity contribution in [2.45, 2.75) is 103 Å². The van der Waals surface area contributed by atoms with Gasteiger partial charge in [-0.15, -0.1) is 0 Å². The van der Waals surface area contributed by atoms with Gasteiger partial charge in [0.25, 0.3) is 5.91 Å². The van der Waals surface area contributed by atoms with Crippen LogP contribution in [0.2, 0.25) is 0 Å². The van der Waals surface area contributed by atoms with Crippen LogP contribution in [0.1, 0.15) is 113 Å². The molecule has 0 radical (unpaired) electrons. The number of nitrogens with two attached hydrogens (primary N) is 1. The van der Waals surface area contributed by atoms with E-state index in [4.69, 9.17) is 10.3 Å². The van der Waals surface area contributed by atoms with Crippen LogP contribution in [0.15, 0.2) is 6.33 Å². The highest BCUT2D eigenvalue weighted by Crippen LogP contribution is 2.16. The van der Waals surface area contributed by atoms with Crippen molar-refractivity contribution in [1.29, 1.82) is 0 Å². The van der Waals surface area contributed by atoms with Crippen molar-refractivity contribution in [3.05, 3.63) is 17.7 Å². The van der Waals surface area contributed by atoms with E-state index in [1.54, 1.807) is 0 Å². The van der Waals surface area contributed by atoms with Crippen LogP contribution < -0.4 is 5.73 Å². The molecule has 1 amide bonds. The van der Waals surface area contributed by atoms with E-state index in [0.717, 1.165) is 25.6 Å². The zero-order valence-corrected chi connectivity index (χ0v) is 18.1. The van der Waals surface area contributed by atoms with Gasteiger partial charge in [-0.05, 0) is 12.8 Å². The fourth-order valence-electron chi connectivity index (χ4n) is 3.46. The maximum absolute atomic E-state index is 11.5. The number of aryl methyl sites for hydroxylation is 1. The van der Waals surface area contributed by atoms with Crippen molar-refractivity contribution in [2.24, 2.45) is 5.73 Å². The molecule has 0 unspecified atom stereocenters. The van der Waals surface area contributed by atoms with Gasteiger partial charge in [-0.1, -0.05) is 90.4 Å². The minimum Gasteiger partial charge on any atom is -0.364 e. The molecule has 0 aliphatic heterocycles. The highest BCUT2D eigenvalue weighted by atomic mass is 32.2. The summed E-state index contributed by atoms with van der Waals surface area (Å²) in [5.74, 6) is -0.907. The third-order valence-corrected chi connectivity index (χ3v) is 5.84. The molecule has 0 saturated heterocycles. The van der Waals surface area contributed by atoms with Gasteiger partial charge in [-0.25, -0.2) is 4.98 Å². The van der Waals surface area contributed by atoms with Gasteiger partial charge < -0.3 is 5.73 Å². The van der Waals surface area contributed by atoms with Crippen LogP contribution in [-0.2, 0) is 16.7 Å². The zero-order chi connectivity index (χ0) is 20.8. The van der Waals surface area contributed by atoms with Crippen molar-refractivity contribution >= 4 is 16.2 Å². The molecule has 0 saturated carbocycles. The van der Waals surface area contributed by atoms with E-state index < -0.39 is 16.2 Å². The molecule has 0 aliphatic rings.